The van der Waals surface area contributed by atoms with Crippen LogP contribution >= 0.6 is 11.8 Å². The van der Waals surface area contributed by atoms with Gasteiger partial charge in [-0.25, -0.2) is 4.79 Å². The van der Waals surface area contributed by atoms with Crippen molar-refractivity contribution in [1.82, 2.24) is 0 Å². The standard InChI is InChI=1S/C22H32O5S/c1-20-8-6-14(23)10-13(20)4-5-15-16-7-9-22(26,19(25)27-12-28-3)21(16,2)11-17(24)18(15)20/h10,15-18,24,26H,4-9,11-12H2,1-3H3/t15-,16-,17-,18+,20-,21-,22-/m0/s1. The lowest BCUT2D eigenvalue weighted by Crippen LogP contribution is -2.61. The van der Waals surface area contributed by atoms with Crippen LogP contribution in [0.3, 0.4) is 0 Å². The fourth-order valence-electron chi connectivity index (χ4n) is 7.26. The van der Waals surface area contributed by atoms with E-state index in [2.05, 4.69) is 6.92 Å². The molecule has 0 aromatic heterocycles. The summed E-state index contributed by atoms with van der Waals surface area (Å²) in [7, 11) is 0. The van der Waals surface area contributed by atoms with Crippen LogP contribution in [0.4, 0.5) is 0 Å². The van der Waals surface area contributed by atoms with E-state index in [1.165, 1.54) is 17.3 Å². The molecule has 0 saturated heterocycles. The van der Waals surface area contributed by atoms with E-state index in [9.17, 15) is 19.8 Å². The van der Waals surface area contributed by atoms with Gasteiger partial charge in [0.15, 0.2) is 11.4 Å². The quantitative estimate of drug-likeness (QED) is 0.552. The number of hydrogen-bond donors (Lipinski definition) is 2. The summed E-state index contributed by atoms with van der Waals surface area (Å²) in [6.45, 7) is 4.18. The van der Waals surface area contributed by atoms with Gasteiger partial charge in [-0.2, -0.15) is 0 Å². The van der Waals surface area contributed by atoms with E-state index >= 15 is 0 Å². The van der Waals surface area contributed by atoms with Crippen LogP contribution in [0, 0.1) is 28.6 Å². The molecule has 0 aromatic carbocycles. The van der Waals surface area contributed by atoms with Gasteiger partial charge < -0.3 is 14.9 Å². The van der Waals surface area contributed by atoms with Crippen molar-refractivity contribution in [2.45, 2.75) is 70.5 Å². The summed E-state index contributed by atoms with van der Waals surface area (Å²) in [6.07, 6.45) is 7.79. The Balaban J connectivity index is 1.67. The van der Waals surface area contributed by atoms with Crippen LogP contribution in [0.15, 0.2) is 11.6 Å². The highest BCUT2D eigenvalue weighted by molar-refractivity contribution is 7.98. The lowest BCUT2D eigenvalue weighted by molar-refractivity contribution is -0.197. The first kappa shape index (κ1) is 20.4. The van der Waals surface area contributed by atoms with Crippen molar-refractivity contribution in [3.63, 3.8) is 0 Å². The van der Waals surface area contributed by atoms with Crippen LogP contribution in [0.5, 0.6) is 0 Å². The summed E-state index contributed by atoms with van der Waals surface area (Å²) in [5.41, 5.74) is -1.16. The second-order valence-corrected chi connectivity index (χ2v) is 10.6. The molecule has 0 unspecified atom stereocenters. The van der Waals surface area contributed by atoms with E-state index in [0.29, 0.717) is 19.3 Å². The lowest BCUT2D eigenvalue weighted by Gasteiger charge is -2.60. The van der Waals surface area contributed by atoms with Crippen LogP contribution in [0.1, 0.15) is 58.8 Å². The number of rotatable bonds is 3. The molecule has 0 heterocycles. The summed E-state index contributed by atoms with van der Waals surface area (Å²) in [5, 5.41) is 22.7. The first-order valence-electron chi connectivity index (χ1n) is 10.5. The summed E-state index contributed by atoms with van der Waals surface area (Å²) in [5.74, 6) is 0.422. The highest BCUT2D eigenvalue weighted by atomic mass is 32.2. The van der Waals surface area contributed by atoms with Crippen molar-refractivity contribution in [1.29, 1.82) is 0 Å². The summed E-state index contributed by atoms with van der Waals surface area (Å²) in [6, 6.07) is 0. The van der Waals surface area contributed by atoms with Crippen LogP contribution in [-0.2, 0) is 14.3 Å². The Hall–Kier alpha value is -0.850. The lowest BCUT2D eigenvalue weighted by atomic mass is 9.45. The highest BCUT2D eigenvalue weighted by Gasteiger charge is 2.69. The Labute approximate surface area is 171 Å². The molecule has 0 aliphatic heterocycles. The first-order chi connectivity index (χ1) is 13.2. The molecule has 4 aliphatic carbocycles. The zero-order valence-electron chi connectivity index (χ0n) is 17.1. The average Bonchev–Trinajstić information content (AvgIpc) is 2.92. The Morgan fingerprint density at radius 1 is 1.29 bits per heavy atom. The number of esters is 1. The van der Waals surface area contributed by atoms with Crippen molar-refractivity contribution >= 4 is 23.5 Å². The minimum Gasteiger partial charge on any atom is -0.452 e. The van der Waals surface area contributed by atoms with Crippen LogP contribution in [0.2, 0.25) is 0 Å². The third-order valence-electron chi connectivity index (χ3n) is 8.69. The molecule has 3 saturated carbocycles. The maximum Gasteiger partial charge on any atom is 0.339 e. The van der Waals surface area contributed by atoms with E-state index in [1.54, 1.807) is 0 Å². The fourth-order valence-corrected chi connectivity index (χ4v) is 7.48. The molecule has 5 nitrogen and oxygen atoms in total. The van der Waals surface area contributed by atoms with Gasteiger partial charge in [0.2, 0.25) is 0 Å². The number of carbonyl (C=O) groups is 2. The monoisotopic (exact) mass is 408 g/mol. The van der Waals surface area contributed by atoms with Gasteiger partial charge in [0.05, 0.1) is 6.10 Å². The van der Waals surface area contributed by atoms with Gasteiger partial charge in [-0.05, 0) is 74.0 Å². The van der Waals surface area contributed by atoms with Crippen LogP contribution in [-0.4, -0.2) is 45.9 Å². The normalized spacial score (nSPS) is 47.6. The predicted molar refractivity (Wildman–Crippen MR) is 108 cm³/mol. The predicted octanol–water partition coefficient (Wildman–Crippen LogP) is 3.08. The molecule has 6 heteroatoms. The van der Waals surface area contributed by atoms with Crippen molar-refractivity contribution in [3.8, 4) is 0 Å². The Morgan fingerprint density at radius 3 is 2.75 bits per heavy atom. The fraction of sp³-hybridized carbons (Fsp3) is 0.818. The van der Waals surface area contributed by atoms with E-state index in [-0.39, 0.29) is 34.9 Å². The summed E-state index contributed by atoms with van der Waals surface area (Å²) in [4.78, 5) is 24.7. The topological polar surface area (TPSA) is 83.8 Å². The van der Waals surface area contributed by atoms with Gasteiger partial charge in [-0.15, -0.1) is 11.8 Å². The molecule has 0 amide bonds. The molecule has 3 fully saturated rings. The highest BCUT2D eigenvalue weighted by Crippen LogP contribution is 2.67. The minimum atomic E-state index is -1.53. The SMILES string of the molecule is CSCOC(=O)[C@@]1(O)CC[C@H]2[C@@H]3CCC4=CC(=O)CC[C@]4(C)[C@H]3[C@@H](O)C[C@@]21C. The largest absolute Gasteiger partial charge is 0.452 e. The van der Waals surface area contributed by atoms with Crippen molar-refractivity contribution in [2.24, 2.45) is 28.6 Å². The Bertz CT molecular complexity index is 720. The van der Waals surface area contributed by atoms with Crippen LogP contribution < -0.4 is 0 Å². The molecule has 0 radical (unpaired) electrons. The van der Waals surface area contributed by atoms with Gasteiger partial charge in [0.1, 0.15) is 5.94 Å². The van der Waals surface area contributed by atoms with Crippen molar-refractivity contribution in [2.75, 3.05) is 12.2 Å². The zero-order valence-corrected chi connectivity index (χ0v) is 17.9. The maximum absolute atomic E-state index is 12.8. The van der Waals surface area contributed by atoms with Crippen molar-refractivity contribution in [3.05, 3.63) is 11.6 Å². The summed E-state index contributed by atoms with van der Waals surface area (Å²) < 4.78 is 5.33. The number of thioether (sulfide) groups is 1. The van der Waals surface area contributed by atoms with Gasteiger partial charge >= 0.3 is 5.97 Å². The van der Waals surface area contributed by atoms with E-state index in [4.69, 9.17) is 4.74 Å². The molecule has 4 rings (SSSR count). The maximum atomic E-state index is 12.8. The number of carbonyl (C=O) groups excluding carboxylic acids is 2. The van der Waals surface area contributed by atoms with E-state index in [1.807, 2.05) is 19.3 Å². The summed E-state index contributed by atoms with van der Waals surface area (Å²) >= 11 is 1.41. The second kappa shape index (κ2) is 6.85. The molecule has 156 valence electrons. The molecule has 28 heavy (non-hydrogen) atoms. The number of aliphatic hydroxyl groups is 2. The van der Waals surface area contributed by atoms with E-state index in [0.717, 1.165) is 25.7 Å². The minimum absolute atomic E-state index is 0.0863. The number of ether oxygens (including phenoxy) is 1. The average molecular weight is 409 g/mol. The molecule has 0 bridgehead atoms. The molecular weight excluding hydrogens is 376 g/mol. The third-order valence-corrected chi connectivity index (χ3v) is 9.05. The Kier molecular flexibility index (Phi) is 4.99. The van der Waals surface area contributed by atoms with Crippen LogP contribution in [0.25, 0.3) is 0 Å². The number of allylic oxidation sites excluding steroid dienone is 1. The van der Waals surface area contributed by atoms with Crippen molar-refractivity contribution < 1.29 is 24.5 Å². The number of hydrogen-bond acceptors (Lipinski definition) is 6. The van der Waals surface area contributed by atoms with Gasteiger partial charge in [0.25, 0.3) is 0 Å². The van der Waals surface area contributed by atoms with Gasteiger partial charge in [-0.1, -0.05) is 19.4 Å². The molecule has 0 spiro atoms. The number of ketones is 1. The molecule has 4 aliphatic rings. The molecule has 7 atom stereocenters. The molecule has 2 N–H and O–H groups in total. The second-order valence-electron chi connectivity index (χ2n) is 9.81. The molecular formula is C22H32O5S. The Morgan fingerprint density at radius 2 is 2.04 bits per heavy atom. The smallest absolute Gasteiger partial charge is 0.339 e. The third kappa shape index (κ3) is 2.67. The first-order valence-corrected chi connectivity index (χ1v) is 11.9. The number of aliphatic hydroxyl groups excluding tert-OH is 1. The molecule has 0 aromatic rings. The zero-order chi connectivity index (χ0) is 20.3. The van der Waals surface area contributed by atoms with Gasteiger partial charge in [0, 0.05) is 11.8 Å². The number of fused-ring (bicyclic) bond motifs is 5. The van der Waals surface area contributed by atoms with E-state index < -0.39 is 23.1 Å². The van der Waals surface area contributed by atoms with Gasteiger partial charge in [-0.3, -0.25) is 4.79 Å².